The number of carbonyl (C=O) groups excluding carboxylic acids is 1. The van der Waals surface area contributed by atoms with E-state index in [9.17, 15) is 14.9 Å². The molecule has 23 heavy (non-hydrogen) atoms. The number of amides is 1. The Balaban J connectivity index is 0.00000264. The average molecular weight is 346 g/mol. The van der Waals surface area contributed by atoms with Gasteiger partial charge in [0.15, 0.2) is 0 Å². The summed E-state index contributed by atoms with van der Waals surface area (Å²) in [6, 6.07) is 0.563. The predicted octanol–water partition coefficient (Wildman–Crippen LogP) is 1.64. The van der Waals surface area contributed by atoms with Crippen molar-refractivity contribution < 1.29 is 9.72 Å². The molecule has 2 rings (SSSR count). The number of rotatable bonds is 7. The second-order valence-corrected chi connectivity index (χ2v) is 5.65. The molecule has 1 amide bonds. The summed E-state index contributed by atoms with van der Waals surface area (Å²) in [5, 5.41) is 20.6. The van der Waals surface area contributed by atoms with Gasteiger partial charge in [-0.1, -0.05) is 25.7 Å². The first-order valence-electron chi connectivity index (χ1n) is 7.82. The van der Waals surface area contributed by atoms with Crippen LogP contribution in [0, 0.1) is 10.1 Å². The van der Waals surface area contributed by atoms with Crippen molar-refractivity contribution in [1.29, 1.82) is 0 Å². The molecule has 0 unspecified atom stereocenters. The molecule has 1 saturated carbocycles. The molecule has 130 valence electrons. The molecule has 1 heterocycles. The standard InChI is InChI=1S/C14H23N5O3.ClH/c20-14(11-18-10-13(9-17-18)19(21)22)16-8-7-15-12-5-3-1-2-4-6-12;/h9-10,12,15H,1-8,11H2,(H,16,20);1H. The van der Waals surface area contributed by atoms with Gasteiger partial charge >= 0.3 is 5.69 Å². The molecule has 2 N–H and O–H groups in total. The van der Waals surface area contributed by atoms with E-state index in [1.165, 1.54) is 49.4 Å². The molecule has 8 nitrogen and oxygen atoms in total. The van der Waals surface area contributed by atoms with Crippen molar-refractivity contribution in [3.05, 3.63) is 22.5 Å². The van der Waals surface area contributed by atoms with Gasteiger partial charge in [0.25, 0.3) is 0 Å². The van der Waals surface area contributed by atoms with Crippen LogP contribution in [0.25, 0.3) is 0 Å². The maximum atomic E-state index is 11.7. The smallest absolute Gasteiger partial charge is 0.307 e. The summed E-state index contributed by atoms with van der Waals surface area (Å²) < 4.78 is 1.27. The average Bonchev–Trinajstić information content (AvgIpc) is 2.79. The molecule has 1 fully saturated rings. The minimum atomic E-state index is -0.530. The van der Waals surface area contributed by atoms with E-state index in [2.05, 4.69) is 15.7 Å². The van der Waals surface area contributed by atoms with Gasteiger partial charge < -0.3 is 10.6 Å². The summed E-state index contributed by atoms with van der Waals surface area (Å²) in [5.74, 6) is -0.194. The number of hydrogen-bond donors (Lipinski definition) is 2. The monoisotopic (exact) mass is 345 g/mol. The maximum absolute atomic E-state index is 11.7. The van der Waals surface area contributed by atoms with E-state index < -0.39 is 4.92 Å². The molecular weight excluding hydrogens is 322 g/mol. The van der Waals surface area contributed by atoms with Crippen LogP contribution < -0.4 is 10.6 Å². The van der Waals surface area contributed by atoms with Crippen molar-refractivity contribution in [2.24, 2.45) is 0 Å². The summed E-state index contributed by atoms with van der Waals surface area (Å²) in [6.07, 6.45) is 10.0. The third-order valence-corrected chi connectivity index (χ3v) is 3.87. The highest BCUT2D eigenvalue weighted by Crippen LogP contribution is 2.16. The first-order chi connectivity index (χ1) is 10.6. The molecule has 0 bridgehead atoms. The summed E-state index contributed by atoms with van der Waals surface area (Å²) in [6.45, 7) is 1.30. The molecular formula is C14H24ClN5O3. The number of nitrogens with one attached hydrogen (secondary N) is 2. The molecule has 0 radical (unpaired) electrons. The lowest BCUT2D eigenvalue weighted by Gasteiger charge is -2.16. The van der Waals surface area contributed by atoms with Gasteiger partial charge in [-0.15, -0.1) is 12.4 Å². The summed E-state index contributed by atoms with van der Waals surface area (Å²) >= 11 is 0. The van der Waals surface area contributed by atoms with Crippen LogP contribution in [0.5, 0.6) is 0 Å². The summed E-state index contributed by atoms with van der Waals surface area (Å²) in [7, 11) is 0. The van der Waals surface area contributed by atoms with Gasteiger partial charge in [-0.2, -0.15) is 5.10 Å². The zero-order valence-corrected chi connectivity index (χ0v) is 13.9. The van der Waals surface area contributed by atoms with Crippen LogP contribution in [0.4, 0.5) is 5.69 Å². The number of nitro groups is 1. The van der Waals surface area contributed by atoms with Crippen LogP contribution in [0.2, 0.25) is 0 Å². The van der Waals surface area contributed by atoms with Crippen molar-refractivity contribution in [2.75, 3.05) is 13.1 Å². The normalized spacial score (nSPS) is 15.5. The summed E-state index contributed by atoms with van der Waals surface area (Å²) in [5.41, 5.74) is -0.108. The molecule has 0 atom stereocenters. The van der Waals surface area contributed by atoms with E-state index in [0.717, 1.165) is 12.7 Å². The Morgan fingerprint density at radius 3 is 2.61 bits per heavy atom. The Kier molecular flexibility index (Phi) is 8.57. The van der Waals surface area contributed by atoms with Crippen LogP contribution in [-0.2, 0) is 11.3 Å². The van der Waals surface area contributed by atoms with E-state index in [4.69, 9.17) is 0 Å². The van der Waals surface area contributed by atoms with E-state index in [-0.39, 0.29) is 30.5 Å². The number of hydrogen-bond acceptors (Lipinski definition) is 5. The minimum Gasteiger partial charge on any atom is -0.353 e. The van der Waals surface area contributed by atoms with Crippen LogP contribution in [-0.4, -0.2) is 39.7 Å². The van der Waals surface area contributed by atoms with E-state index in [1.807, 2.05) is 0 Å². The Hall–Kier alpha value is -1.67. The Bertz CT molecular complexity index is 500. The quantitative estimate of drug-likeness (QED) is 0.338. The Labute approximate surface area is 141 Å². The van der Waals surface area contributed by atoms with E-state index >= 15 is 0 Å². The molecule has 0 saturated heterocycles. The molecule has 0 aromatic carbocycles. The van der Waals surface area contributed by atoms with Crippen molar-refractivity contribution in [1.82, 2.24) is 20.4 Å². The van der Waals surface area contributed by atoms with Crippen LogP contribution in [0.3, 0.4) is 0 Å². The molecule has 1 aliphatic rings. The second-order valence-electron chi connectivity index (χ2n) is 5.65. The van der Waals surface area contributed by atoms with Gasteiger partial charge in [0.2, 0.25) is 5.91 Å². The highest BCUT2D eigenvalue weighted by atomic mass is 35.5. The van der Waals surface area contributed by atoms with E-state index in [1.54, 1.807) is 0 Å². The Morgan fingerprint density at radius 2 is 2.00 bits per heavy atom. The molecule has 1 aromatic rings. The van der Waals surface area contributed by atoms with Gasteiger partial charge in [0.05, 0.1) is 4.92 Å². The lowest BCUT2D eigenvalue weighted by molar-refractivity contribution is -0.385. The van der Waals surface area contributed by atoms with Crippen molar-refractivity contribution in [2.45, 2.75) is 51.1 Å². The van der Waals surface area contributed by atoms with Crippen LogP contribution >= 0.6 is 12.4 Å². The molecule has 0 spiro atoms. The number of aromatic nitrogens is 2. The first kappa shape index (κ1) is 19.4. The van der Waals surface area contributed by atoms with Gasteiger partial charge in [0, 0.05) is 19.1 Å². The number of nitrogens with zero attached hydrogens (tertiary/aromatic N) is 3. The van der Waals surface area contributed by atoms with E-state index in [0.29, 0.717) is 12.6 Å². The first-order valence-corrected chi connectivity index (χ1v) is 7.82. The zero-order chi connectivity index (χ0) is 15.8. The topological polar surface area (TPSA) is 102 Å². The SMILES string of the molecule is Cl.O=C(Cn1cc([N+](=O)[O-])cn1)NCCNC1CCCCCC1. The largest absolute Gasteiger partial charge is 0.353 e. The summed E-state index contributed by atoms with van der Waals surface area (Å²) in [4.78, 5) is 21.7. The highest BCUT2D eigenvalue weighted by molar-refractivity contribution is 5.85. The molecule has 0 aliphatic heterocycles. The predicted molar refractivity (Wildman–Crippen MR) is 88.6 cm³/mol. The van der Waals surface area contributed by atoms with Gasteiger partial charge in [-0.3, -0.25) is 19.6 Å². The number of carbonyl (C=O) groups is 1. The third-order valence-electron chi connectivity index (χ3n) is 3.87. The van der Waals surface area contributed by atoms with Crippen molar-refractivity contribution >= 4 is 24.0 Å². The lowest BCUT2D eigenvalue weighted by atomic mass is 10.1. The van der Waals surface area contributed by atoms with Crippen LogP contribution in [0.1, 0.15) is 38.5 Å². The lowest BCUT2D eigenvalue weighted by Crippen LogP contribution is -2.38. The fourth-order valence-electron chi connectivity index (χ4n) is 2.70. The van der Waals surface area contributed by atoms with Crippen molar-refractivity contribution in [3.8, 4) is 0 Å². The van der Waals surface area contributed by atoms with Crippen LogP contribution in [0.15, 0.2) is 12.4 Å². The fourth-order valence-corrected chi connectivity index (χ4v) is 2.70. The third kappa shape index (κ3) is 6.96. The van der Waals surface area contributed by atoms with Crippen molar-refractivity contribution in [3.63, 3.8) is 0 Å². The Morgan fingerprint density at radius 1 is 1.30 bits per heavy atom. The van der Waals surface area contributed by atoms with Gasteiger partial charge in [-0.25, -0.2) is 0 Å². The number of halogens is 1. The minimum absolute atomic E-state index is 0. The molecule has 1 aromatic heterocycles. The second kappa shape index (κ2) is 10.2. The molecule has 1 aliphatic carbocycles. The maximum Gasteiger partial charge on any atom is 0.307 e. The zero-order valence-electron chi connectivity index (χ0n) is 13.1. The van der Waals surface area contributed by atoms with Gasteiger partial charge in [-0.05, 0) is 12.8 Å². The molecule has 9 heteroatoms. The highest BCUT2D eigenvalue weighted by Gasteiger charge is 2.12. The van der Waals surface area contributed by atoms with Gasteiger partial charge in [0.1, 0.15) is 18.9 Å². The fraction of sp³-hybridized carbons (Fsp3) is 0.714.